The third kappa shape index (κ3) is 3.58. The van der Waals surface area contributed by atoms with Gasteiger partial charge in [-0.15, -0.1) is 0 Å². The molecule has 5 heteroatoms. The van der Waals surface area contributed by atoms with E-state index in [-0.39, 0.29) is 0 Å². The quantitative estimate of drug-likeness (QED) is 0.862. The molecule has 19 heavy (non-hydrogen) atoms. The third-order valence-electron chi connectivity index (χ3n) is 3.51. The highest BCUT2D eigenvalue weighted by Gasteiger charge is 2.19. The van der Waals surface area contributed by atoms with Gasteiger partial charge in [0.2, 0.25) is 0 Å². The number of nitrogen functional groups attached to an aromatic ring is 1. The minimum absolute atomic E-state index is 0.427. The molecule has 2 heterocycles. The molecule has 1 aromatic rings. The van der Waals surface area contributed by atoms with Gasteiger partial charge in [-0.3, -0.25) is 0 Å². The molecule has 0 unspecified atom stereocenters. The van der Waals surface area contributed by atoms with E-state index in [1.807, 2.05) is 6.07 Å². The summed E-state index contributed by atoms with van der Waals surface area (Å²) in [4.78, 5) is 6.72. The van der Waals surface area contributed by atoms with Crippen molar-refractivity contribution < 1.29 is 0 Å². The maximum atomic E-state index is 8.78. The standard InChI is InChI=1S/C14H21N5/c1-2-5-19-6-3-12(4-7-19)18-14-13(16)8-11(9-15)10-17-14/h8,10,12H,2-7,16H2,1H3,(H,17,18). The van der Waals surface area contributed by atoms with Gasteiger partial charge in [0.25, 0.3) is 0 Å². The zero-order valence-corrected chi connectivity index (χ0v) is 11.4. The molecule has 102 valence electrons. The fourth-order valence-corrected chi connectivity index (χ4v) is 2.47. The Morgan fingerprint density at radius 3 is 2.84 bits per heavy atom. The number of hydrogen-bond donors (Lipinski definition) is 2. The summed E-state index contributed by atoms with van der Waals surface area (Å²) in [5, 5.41) is 12.2. The minimum atomic E-state index is 0.427. The van der Waals surface area contributed by atoms with Crippen LogP contribution in [0.1, 0.15) is 31.7 Å². The molecule has 0 spiro atoms. The molecule has 1 fully saturated rings. The Hall–Kier alpha value is -1.80. The van der Waals surface area contributed by atoms with Crippen molar-refractivity contribution in [3.63, 3.8) is 0 Å². The first-order chi connectivity index (χ1) is 9.22. The van der Waals surface area contributed by atoms with Crippen LogP contribution < -0.4 is 11.1 Å². The van der Waals surface area contributed by atoms with Gasteiger partial charge in [-0.25, -0.2) is 4.98 Å². The molecule has 0 aromatic carbocycles. The van der Waals surface area contributed by atoms with Gasteiger partial charge >= 0.3 is 0 Å². The predicted octanol–water partition coefficient (Wildman–Crippen LogP) is 1.82. The highest BCUT2D eigenvalue weighted by Crippen LogP contribution is 2.20. The van der Waals surface area contributed by atoms with E-state index in [9.17, 15) is 0 Å². The first-order valence-electron chi connectivity index (χ1n) is 6.87. The van der Waals surface area contributed by atoms with Crippen molar-refractivity contribution in [3.05, 3.63) is 17.8 Å². The number of nitriles is 1. The van der Waals surface area contributed by atoms with E-state index < -0.39 is 0 Å². The zero-order chi connectivity index (χ0) is 13.7. The fourth-order valence-electron chi connectivity index (χ4n) is 2.47. The van der Waals surface area contributed by atoms with Crippen LogP contribution in [0.15, 0.2) is 12.3 Å². The Morgan fingerprint density at radius 2 is 2.26 bits per heavy atom. The van der Waals surface area contributed by atoms with E-state index in [0.717, 1.165) is 25.9 Å². The Kier molecular flexibility index (Phi) is 4.58. The molecule has 1 aliphatic heterocycles. The Balaban J connectivity index is 1.91. The van der Waals surface area contributed by atoms with Crippen molar-refractivity contribution in [2.45, 2.75) is 32.2 Å². The van der Waals surface area contributed by atoms with Gasteiger partial charge < -0.3 is 16.0 Å². The van der Waals surface area contributed by atoms with Gasteiger partial charge in [-0.2, -0.15) is 5.26 Å². The molecule has 3 N–H and O–H groups in total. The summed E-state index contributed by atoms with van der Waals surface area (Å²) in [5.41, 5.74) is 6.95. The van der Waals surface area contributed by atoms with Gasteiger partial charge in [0.05, 0.1) is 11.3 Å². The van der Waals surface area contributed by atoms with E-state index in [4.69, 9.17) is 11.0 Å². The number of nitrogens with one attached hydrogen (secondary N) is 1. The number of nitrogens with zero attached hydrogens (tertiary/aromatic N) is 3. The van der Waals surface area contributed by atoms with Gasteiger partial charge in [0, 0.05) is 25.3 Å². The van der Waals surface area contributed by atoms with Crippen molar-refractivity contribution in [1.29, 1.82) is 5.26 Å². The third-order valence-corrected chi connectivity index (χ3v) is 3.51. The van der Waals surface area contributed by atoms with Crippen molar-refractivity contribution in [2.75, 3.05) is 30.7 Å². The van der Waals surface area contributed by atoms with Crippen LogP contribution in [0.5, 0.6) is 0 Å². The lowest BCUT2D eigenvalue weighted by Gasteiger charge is -2.32. The fraction of sp³-hybridized carbons (Fsp3) is 0.571. The average Bonchev–Trinajstić information content (AvgIpc) is 2.43. The Morgan fingerprint density at radius 1 is 1.53 bits per heavy atom. The van der Waals surface area contributed by atoms with Crippen LogP contribution >= 0.6 is 0 Å². The molecule has 1 aromatic heterocycles. The second-order valence-electron chi connectivity index (χ2n) is 5.03. The molecule has 0 amide bonds. The van der Waals surface area contributed by atoms with Crippen LogP contribution in [0.3, 0.4) is 0 Å². The van der Waals surface area contributed by atoms with Crippen LogP contribution in [0.25, 0.3) is 0 Å². The molecule has 0 aliphatic carbocycles. The summed E-state index contributed by atoms with van der Waals surface area (Å²) in [7, 11) is 0. The summed E-state index contributed by atoms with van der Waals surface area (Å²) in [5.74, 6) is 0.702. The SMILES string of the molecule is CCCN1CCC(Nc2ncc(C#N)cc2N)CC1. The molecule has 0 radical (unpaired) electrons. The summed E-state index contributed by atoms with van der Waals surface area (Å²) in [6.45, 7) is 5.65. The maximum absolute atomic E-state index is 8.78. The zero-order valence-electron chi connectivity index (χ0n) is 11.4. The van der Waals surface area contributed by atoms with Crippen LogP contribution in [0, 0.1) is 11.3 Å². The molecule has 5 nitrogen and oxygen atoms in total. The largest absolute Gasteiger partial charge is 0.396 e. The Bertz CT molecular complexity index is 457. The second kappa shape index (κ2) is 6.39. The van der Waals surface area contributed by atoms with Crippen molar-refractivity contribution in [2.24, 2.45) is 0 Å². The average molecular weight is 259 g/mol. The molecule has 0 bridgehead atoms. The van der Waals surface area contributed by atoms with E-state index in [1.54, 1.807) is 12.3 Å². The molecule has 1 aliphatic rings. The minimum Gasteiger partial charge on any atom is -0.396 e. The highest BCUT2D eigenvalue weighted by molar-refractivity contribution is 5.63. The topological polar surface area (TPSA) is 78.0 Å². The summed E-state index contributed by atoms with van der Waals surface area (Å²) in [6, 6.07) is 4.14. The highest BCUT2D eigenvalue weighted by atomic mass is 15.1. The number of piperidine rings is 1. The molecule has 0 saturated carbocycles. The molecular formula is C14H21N5. The van der Waals surface area contributed by atoms with Gasteiger partial charge in [-0.05, 0) is 31.9 Å². The van der Waals surface area contributed by atoms with Crippen LogP contribution in [0.2, 0.25) is 0 Å². The first-order valence-corrected chi connectivity index (χ1v) is 6.87. The molecule has 2 rings (SSSR count). The molecular weight excluding hydrogens is 238 g/mol. The summed E-state index contributed by atoms with van der Waals surface area (Å²) < 4.78 is 0. The lowest BCUT2D eigenvalue weighted by atomic mass is 10.0. The number of rotatable bonds is 4. The monoisotopic (exact) mass is 259 g/mol. The lowest BCUT2D eigenvalue weighted by Crippen LogP contribution is -2.39. The number of anilines is 2. The van der Waals surface area contributed by atoms with Crippen molar-refractivity contribution in [1.82, 2.24) is 9.88 Å². The number of pyridine rings is 1. The van der Waals surface area contributed by atoms with E-state index in [1.165, 1.54) is 13.0 Å². The van der Waals surface area contributed by atoms with Crippen LogP contribution in [-0.2, 0) is 0 Å². The number of hydrogen-bond acceptors (Lipinski definition) is 5. The van der Waals surface area contributed by atoms with Crippen molar-refractivity contribution in [3.8, 4) is 6.07 Å². The smallest absolute Gasteiger partial charge is 0.149 e. The molecule has 0 atom stereocenters. The number of likely N-dealkylation sites (tertiary alicyclic amines) is 1. The molecule has 1 saturated heterocycles. The second-order valence-corrected chi connectivity index (χ2v) is 5.03. The summed E-state index contributed by atoms with van der Waals surface area (Å²) >= 11 is 0. The Labute approximate surface area is 114 Å². The van der Waals surface area contributed by atoms with Gasteiger partial charge in [0.15, 0.2) is 0 Å². The first kappa shape index (κ1) is 13.6. The summed E-state index contributed by atoms with van der Waals surface area (Å²) in [6.07, 6.45) is 5.00. The van der Waals surface area contributed by atoms with Gasteiger partial charge in [0.1, 0.15) is 11.9 Å². The number of nitrogens with two attached hydrogens (primary N) is 1. The van der Waals surface area contributed by atoms with Crippen LogP contribution in [0.4, 0.5) is 11.5 Å². The van der Waals surface area contributed by atoms with Crippen LogP contribution in [-0.4, -0.2) is 35.6 Å². The van der Waals surface area contributed by atoms with Crippen molar-refractivity contribution >= 4 is 11.5 Å². The maximum Gasteiger partial charge on any atom is 0.149 e. The number of aromatic nitrogens is 1. The predicted molar refractivity (Wildman–Crippen MR) is 76.7 cm³/mol. The van der Waals surface area contributed by atoms with E-state index in [2.05, 4.69) is 22.1 Å². The normalized spacial score (nSPS) is 17.1. The van der Waals surface area contributed by atoms with E-state index in [0.29, 0.717) is 23.1 Å². The van der Waals surface area contributed by atoms with E-state index >= 15 is 0 Å². The van der Waals surface area contributed by atoms with Gasteiger partial charge in [-0.1, -0.05) is 6.92 Å². The lowest BCUT2D eigenvalue weighted by molar-refractivity contribution is 0.219.